The second-order valence-corrected chi connectivity index (χ2v) is 8.07. The van der Waals surface area contributed by atoms with Gasteiger partial charge < -0.3 is 5.32 Å². The molecule has 2 aromatic rings. The molecule has 5 nitrogen and oxygen atoms in total. The van der Waals surface area contributed by atoms with Crippen LogP contribution < -0.4 is 9.62 Å². The van der Waals surface area contributed by atoms with Gasteiger partial charge in [-0.2, -0.15) is 13.2 Å². The van der Waals surface area contributed by atoms with Gasteiger partial charge in [-0.15, -0.1) is 0 Å². The topological polar surface area (TPSA) is 66.5 Å². The number of sulfonamides is 1. The maximum Gasteiger partial charge on any atom is 0.416 e. The predicted octanol–water partition coefficient (Wildman–Crippen LogP) is 3.44. The average Bonchev–Trinajstić information content (AvgIpc) is 2.56. The van der Waals surface area contributed by atoms with Crippen molar-refractivity contribution in [1.82, 2.24) is 5.32 Å². The van der Waals surface area contributed by atoms with Crippen molar-refractivity contribution >= 4 is 33.2 Å². The number of hydrogen-bond donors (Lipinski definition) is 1. The van der Waals surface area contributed by atoms with Gasteiger partial charge in [-0.3, -0.25) is 9.10 Å². The molecule has 0 aliphatic rings. The first-order chi connectivity index (χ1) is 12.5. The van der Waals surface area contributed by atoms with E-state index in [0.29, 0.717) is 5.02 Å². The monoisotopic (exact) mass is 420 g/mol. The third kappa shape index (κ3) is 6.14. The van der Waals surface area contributed by atoms with E-state index in [1.54, 1.807) is 6.07 Å². The molecule has 146 valence electrons. The normalized spacial score (nSPS) is 11.9. The second kappa shape index (κ2) is 8.18. The van der Waals surface area contributed by atoms with Crippen molar-refractivity contribution in [3.8, 4) is 0 Å². The zero-order valence-electron chi connectivity index (χ0n) is 14.1. The van der Waals surface area contributed by atoms with E-state index in [9.17, 15) is 26.4 Å². The quantitative estimate of drug-likeness (QED) is 0.778. The van der Waals surface area contributed by atoms with Crippen LogP contribution in [0.25, 0.3) is 0 Å². The SMILES string of the molecule is CS(=O)(=O)N(CC(=O)NCc1cccc(C(F)(F)F)c1)c1cccc(Cl)c1. The van der Waals surface area contributed by atoms with E-state index in [0.717, 1.165) is 22.7 Å². The molecule has 0 atom stereocenters. The molecule has 0 fully saturated rings. The molecule has 0 heterocycles. The number of halogens is 4. The van der Waals surface area contributed by atoms with Crippen LogP contribution in [0.1, 0.15) is 11.1 Å². The number of nitrogens with one attached hydrogen (secondary N) is 1. The van der Waals surface area contributed by atoms with Gasteiger partial charge in [0.25, 0.3) is 0 Å². The first-order valence-electron chi connectivity index (χ1n) is 7.63. The summed E-state index contributed by atoms with van der Waals surface area (Å²) in [6.45, 7) is -0.700. The molecule has 27 heavy (non-hydrogen) atoms. The molecule has 0 unspecified atom stereocenters. The molecule has 10 heteroatoms. The zero-order chi connectivity index (χ0) is 20.2. The lowest BCUT2D eigenvalue weighted by Gasteiger charge is -2.22. The Bertz CT molecular complexity index is 933. The van der Waals surface area contributed by atoms with E-state index in [4.69, 9.17) is 11.6 Å². The zero-order valence-corrected chi connectivity index (χ0v) is 15.7. The highest BCUT2D eigenvalue weighted by molar-refractivity contribution is 7.92. The molecule has 0 saturated carbocycles. The number of amides is 1. The number of alkyl halides is 3. The number of carbonyl (C=O) groups is 1. The lowest BCUT2D eigenvalue weighted by atomic mass is 10.1. The lowest BCUT2D eigenvalue weighted by Crippen LogP contribution is -2.40. The highest BCUT2D eigenvalue weighted by atomic mass is 35.5. The van der Waals surface area contributed by atoms with Gasteiger partial charge in [0.2, 0.25) is 15.9 Å². The largest absolute Gasteiger partial charge is 0.416 e. The molecule has 0 aliphatic heterocycles. The third-order valence-corrected chi connectivity index (χ3v) is 4.90. The molecule has 2 aromatic carbocycles. The highest BCUT2D eigenvalue weighted by Gasteiger charge is 2.30. The fourth-order valence-electron chi connectivity index (χ4n) is 2.28. The molecule has 0 saturated heterocycles. The molecule has 0 aromatic heterocycles. The van der Waals surface area contributed by atoms with Crippen LogP contribution in [-0.4, -0.2) is 27.1 Å². The van der Waals surface area contributed by atoms with Crippen LogP contribution in [0.2, 0.25) is 5.02 Å². The molecule has 2 rings (SSSR count). The van der Waals surface area contributed by atoms with Crippen molar-refractivity contribution in [2.45, 2.75) is 12.7 Å². The molecule has 0 aliphatic carbocycles. The summed E-state index contributed by atoms with van der Waals surface area (Å²) in [6.07, 6.45) is -3.55. The summed E-state index contributed by atoms with van der Waals surface area (Å²) >= 11 is 5.85. The summed E-state index contributed by atoms with van der Waals surface area (Å²) in [4.78, 5) is 12.1. The van der Waals surface area contributed by atoms with E-state index in [-0.39, 0.29) is 17.8 Å². The Hall–Kier alpha value is -2.26. The smallest absolute Gasteiger partial charge is 0.350 e. The second-order valence-electron chi connectivity index (χ2n) is 5.72. The summed E-state index contributed by atoms with van der Waals surface area (Å²) < 4.78 is 63.0. The van der Waals surface area contributed by atoms with Crippen LogP contribution in [-0.2, 0) is 27.5 Å². The lowest BCUT2D eigenvalue weighted by molar-refractivity contribution is -0.137. The molecular formula is C17H16ClF3N2O3S. The van der Waals surface area contributed by atoms with E-state index in [1.807, 2.05) is 0 Å². The average molecular weight is 421 g/mol. The van der Waals surface area contributed by atoms with Crippen LogP contribution in [0.5, 0.6) is 0 Å². The summed E-state index contributed by atoms with van der Waals surface area (Å²) in [7, 11) is -3.77. The molecule has 1 N–H and O–H groups in total. The van der Waals surface area contributed by atoms with Gasteiger partial charge in [0.1, 0.15) is 6.54 Å². The van der Waals surface area contributed by atoms with Crippen LogP contribution >= 0.6 is 11.6 Å². The highest BCUT2D eigenvalue weighted by Crippen LogP contribution is 2.29. The molecular weight excluding hydrogens is 405 g/mol. The third-order valence-electron chi connectivity index (χ3n) is 3.53. The van der Waals surface area contributed by atoms with Gasteiger partial charge in [-0.25, -0.2) is 8.42 Å². The Morgan fingerprint density at radius 2 is 1.81 bits per heavy atom. The minimum atomic E-state index is -4.49. The van der Waals surface area contributed by atoms with Crippen molar-refractivity contribution in [2.75, 3.05) is 17.1 Å². The minimum Gasteiger partial charge on any atom is -0.350 e. The maximum atomic E-state index is 12.7. The fraction of sp³-hybridized carbons (Fsp3) is 0.235. The van der Waals surface area contributed by atoms with E-state index >= 15 is 0 Å². The summed E-state index contributed by atoms with van der Waals surface area (Å²) in [5.41, 5.74) is -0.378. The Morgan fingerprint density at radius 1 is 1.15 bits per heavy atom. The summed E-state index contributed by atoms with van der Waals surface area (Å²) in [5, 5.41) is 2.72. The Kier molecular flexibility index (Phi) is 6.38. The summed E-state index contributed by atoms with van der Waals surface area (Å²) in [5.74, 6) is -0.669. The number of anilines is 1. The molecule has 0 bridgehead atoms. The molecule has 0 spiro atoms. The van der Waals surface area contributed by atoms with Gasteiger partial charge in [-0.05, 0) is 35.9 Å². The van der Waals surface area contributed by atoms with Gasteiger partial charge in [0, 0.05) is 11.6 Å². The summed E-state index contributed by atoms with van der Waals surface area (Å²) in [6, 6.07) is 10.5. The standard InChI is InChI=1S/C17H16ClF3N2O3S/c1-27(25,26)23(15-7-3-6-14(18)9-15)11-16(24)22-10-12-4-2-5-13(8-12)17(19,20)21/h2-9H,10-11H2,1H3,(H,22,24). The predicted molar refractivity (Wildman–Crippen MR) is 96.9 cm³/mol. The van der Waals surface area contributed by atoms with Gasteiger partial charge in [0.15, 0.2) is 0 Å². The van der Waals surface area contributed by atoms with Crippen LogP contribution in [0.3, 0.4) is 0 Å². The van der Waals surface area contributed by atoms with Crippen molar-refractivity contribution in [3.63, 3.8) is 0 Å². The van der Waals surface area contributed by atoms with E-state index in [1.165, 1.54) is 30.3 Å². The van der Waals surface area contributed by atoms with Crippen molar-refractivity contribution in [3.05, 3.63) is 64.7 Å². The Labute approximate surface area is 159 Å². The van der Waals surface area contributed by atoms with Crippen molar-refractivity contribution in [2.24, 2.45) is 0 Å². The number of hydrogen-bond acceptors (Lipinski definition) is 3. The van der Waals surface area contributed by atoms with E-state index in [2.05, 4.69) is 5.32 Å². The Balaban J connectivity index is 2.09. The van der Waals surface area contributed by atoms with Gasteiger partial charge >= 0.3 is 6.18 Å². The van der Waals surface area contributed by atoms with Crippen molar-refractivity contribution in [1.29, 1.82) is 0 Å². The number of rotatable bonds is 6. The minimum absolute atomic E-state index is 0.171. The number of nitrogens with zero attached hydrogens (tertiary/aromatic N) is 1. The fourth-order valence-corrected chi connectivity index (χ4v) is 3.31. The first kappa shape index (κ1) is 21.0. The van der Waals surface area contributed by atoms with Crippen LogP contribution in [0.4, 0.5) is 18.9 Å². The van der Waals surface area contributed by atoms with Gasteiger partial charge in [0.05, 0.1) is 17.5 Å². The molecule has 0 radical (unpaired) electrons. The van der Waals surface area contributed by atoms with E-state index < -0.39 is 34.2 Å². The maximum absolute atomic E-state index is 12.7. The van der Waals surface area contributed by atoms with Crippen molar-refractivity contribution < 1.29 is 26.4 Å². The van der Waals surface area contributed by atoms with Gasteiger partial charge in [-0.1, -0.05) is 29.8 Å². The Morgan fingerprint density at radius 3 is 2.41 bits per heavy atom. The van der Waals surface area contributed by atoms with Crippen LogP contribution in [0, 0.1) is 0 Å². The number of benzene rings is 2. The molecule has 1 amide bonds. The van der Waals surface area contributed by atoms with Crippen LogP contribution in [0.15, 0.2) is 48.5 Å². The number of carbonyl (C=O) groups excluding carboxylic acids is 1. The first-order valence-corrected chi connectivity index (χ1v) is 9.85.